The molecular weight excluding hydrogens is 478 g/mol. The minimum Gasteiger partial charge on any atom is -0.371 e. The molecule has 2 fully saturated rings. The summed E-state index contributed by atoms with van der Waals surface area (Å²) in [5.41, 5.74) is 3.42. The van der Waals surface area contributed by atoms with Crippen LogP contribution in [0, 0.1) is 0 Å². The van der Waals surface area contributed by atoms with Crippen LogP contribution in [0.15, 0.2) is 91.0 Å². The lowest BCUT2D eigenvalue weighted by Crippen LogP contribution is -2.48. The van der Waals surface area contributed by atoms with Gasteiger partial charge in [-0.2, -0.15) is 0 Å². The van der Waals surface area contributed by atoms with Crippen LogP contribution in [-0.4, -0.2) is 42.5 Å². The van der Waals surface area contributed by atoms with Gasteiger partial charge in [-0.05, 0) is 37.0 Å². The molecular formula is C32H39NO5. The third-order valence-electron chi connectivity index (χ3n) is 7.17. The first kappa shape index (κ1) is 27.0. The number of rotatable bonds is 12. The lowest BCUT2D eigenvalue weighted by molar-refractivity contribution is -0.282. The van der Waals surface area contributed by atoms with E-state index in [9.17, 15) is 0 Å². The number of nitrogens with one attached hydrogen (secondary N) is 1. The Kier molecular flexibility index (Phi) is 8.58. The zero-order chi connectivity index (χ0) is 26.4. The van der Waals surface area contributed by atoms with E-state index in [4.69, 9.17) is 23.7 Å². The minimum absolute atomic E-state index is 0.0305. The molecule has 0 aromatic heterocycles. The van der Waals surface area contributed by atoms with Gasteiger partial charge in [0.2, 0.25) is 5.79 Å². The molecule has 0 amide bonds. The predicted molar refractivity (Wildman–Crippen MR) is 146 cm³/mol. The Hall–Kier alpha value is -2.58. The Morgan fingerprint density at radius 2 is 1.37 bits per heavy atom. The van der Waals surface area contributed by atoms with E-state index in [1.54, 1.807) is 0 Å². The maximum absolute atomic E-state index is 6.83. The highest BCUT2D eigenvalue weighted by molar-refractivity contribution is 5.16. The van der Waals surface area contributed by atoms with Crippen LogP contribution < -0.4 is 5.32 Å². The SMILES string of the molecule is CC[C@@H](NCc1ccccc1)[C@@H]1O[C@@]2(COCc3ccccc3)OC(C)(C)O[C@H]2[C@@H]1OCc1ccccc1. The van der Waals surface area contributed by atoms with Crippen LogP contribution in [0.4, 0.5) is 0 Å². The third kappa shape index (κ3) is 6.34. The summed E-state index contributed by atoms with van der Waals surface area (Å²) < 4.78 is 32.6. The van der Waals surface area contributed by atoms with E-state index < -0.39 is 17.7 Å². The molecule has 3 aromatic carbocycles. The molecule has 0 saturated carbocycles. The normalized spacial score (nSPS) is 26.8. The Morgan fingerprint density at radius 3 is 1.97 bits per heavy atom. The van der Waals surface area contributed by atoms with Crippen molar-refractivity contribution in [2.45, 2.75) is 82.9 Å². The summed E-state index contributed by atoms with van der Waals surface area (Å²) in [5, 5.41) is 3.71. The average molecular weight is 518 g/mol. The Labute approximate surface area is 226 Å². The highest BCUT2D eigenvalue weighted by Crippen LogP contribution is 2.48. The van der Waals surface area contributed by atoms with Crippen molar-refractivity contribution in [3.05, 3.63) is 108 Å². The fraction of sp³-hybridized carbons (Fsp3) is 0.438. The van der Waals surface area contributed by atoms with Crippen LogP contribution in [0.5, 0.6) is 0 Å². The highest BCUT2D eigenvalue weighted by Gasteiger charge is 2.66. The van der Waals surface area contributed by atoms with Crippen molar-refractivity contribution in [2.75, 3.05) is 6.61 Å². The number of ether oxygens (including phenoxy) is 5. The summed E-state index contributed by atoms with van der Waals surface area (Å²) >= 11 is 0. The van der Waals surface area contributed by atoms with Gasteiger partial charge >= 0.3 is 0 Å². The van der Waals surface area contributed by atoms with Crippen LogP contribution in [0.2, 0.25) is 0 Å². The smallest absolute Gasteiger partial charge is 0.224 e. The molecule has 5 atom stereocenters. The van der Waals surface area contributed by atoms with Crippen molar-refractivity contribution in [3.8, 4) is 0 Å². The Morgan fingerprint density at radius 1 is 0.789 bits per heavy atom. The molecule has 0 bridgehead atoms. The summed E-state index contributed by atoms with van der Waals surface area (Å²) in [7, 11) is 0. The van der Waals surface area contributed by atoms with E-state index in [1.807, 2.05) is 56.3 Å². The van der Waals surface area contributed by atoms with Crippen molar-refractivity contribution in [1.82, 2.24) is 5.32 Å². The first-order chi connectivity index (χ1) is 18.5. The molecule has 0 aliphatic carbocycles. The maximum Gasteiger partial charge on any atom is 0.224 e. The molecule has 2 saturated heterocycles. The van der Waals surface area contributed by atoms with Gasteiger partial charge in [0.25, 0.3) is 0 Å². The number of hydrogen-bond donors (Lipinski definition) is 1. The summed E-state index contributed by atoms with van der Waals surface area (Å²) in [6.07, 6.45) is -0.200. The van der Waals surface area contributed by atoms with Gasteiger partial charge in [-0.25, -0.2) is 0 Å². The quantitative estimate of drug-likeness (QED) is 0.337. The van der Waals surface area contributed by atoms with Crippen LogP contribution >= 0.6 is 0 Å². The van der Waals surface area contributed by atoms with Gasteiger partial charge in [0.1, 0.15) is 24.9 Å². The van der Waals surface area contributed by atoms with E-state index in [1.165, 1.54) is 5.56 Å². The molecule has 0 spiro atoms. The molecule has 2 heterocycles. The second kappa shape index (κ2) is 12.1. The van der Waals surface area contributed by atoms with Crippen molar-refractivity contribution in [3.63, 3.8) is 0 Å². The molecule has 2 aliphatic rings. The van der Waals surface area contributed by atoms with E-state index in [-0.39, 0.29) is 24.9 Å². The zero-order valence-corrected chi connectivity index (χ0v) is 22.5. The summed E-state index contributed by atoms with van der Waals surface area (Å²) in [5.74, 6) is -1.88. The van der Waals surface area contributed by atoms with Crippen LogP contribution in [0.3, 0.4) is 0 Å². The molecule has 5 rings (SSSR count). The maximum atomic E-state index is 6.83. The summed E-state index contributed by atoms with van der Waals surface area (Å²) in [6.45, 7) is 7.91. The Bertz CT molecular complexity index is 1130. The molecule has 6 heteroatoms. The number of benzene rings is 3. The second-order valence-corrected chi connectivity index (χ2v) is 10.6. The summed E-state index contributed by atoms with van der Waals surface area (Å²) in [6, 6.07) is 30.8. The minimum atomic E-state index is -1.06. The number of hydrogen-bond acceptors (Lipinski definition) is 6. The van der Waals surface area contributed by atoms with Crippen LogP contribution in [0.1, 0.15) is 43.9 Å². The zero-order valence-electron chi connectivity index (χ0n) is 22.5. The van der Waals surface area contributed by atoms with Gasteiger partial charge in [0.05, 0.1) is 13.2 Å². The van der Waals surface area contributed by atoms with Gasteiger partial charge in [-0.15, -0.1) is 0 Å². The fourth-order valence-electron chi connectivity index (χ4n) is 5.40. The molecule has 38 heavy (non-hydrogen) atoms. The van der Waals surface area contributed by atoms with Gasteiger partial charge in [0.15, 0.2) is 5.79 Å². The largest absolute Gasteiger partial charge is 0.371 e. The van der Waals surface area contributed by atoms with Gasteiger partial charge in [-0.3, -0.25) is 0 Å². The second-order valence-electron chi connectivity index (χ2n) is 10.6. The molecule has 1 N–H and O–H groups in total. The molecule has 0 radical (unpaired) electrons. The van der Waals surface area contributed by atoms with Crippen LogP contribution in [-0.2, 0) is 43.4 Å². The highest BCUT2D eigenvalue weighted by atomic mass is 16.9. The molecule has 6 nitrogen and oxygen atoms in total. The van der Waals surface area contributed by atoms with Crippen molar-refractivity contribution >= 4 is 0 Å². The summed E-state index contributed by atoms with van der Waals surface area (Å²) in [4.78, 5) is 0. The molecule has 2 aliphatic heterocycles. The van der Waals surface area contributed by atoms with E-state index >= 15 is 0 Å². The van der Waals surface area contributed by atoms with Crippen molar-refractivity contribution in [2.24, 2.45) is 0 Å². The Balaban J connectivity index is 1.37. The molecule has 3 aromatic rings. The average Bonchev–Trinajstić information content (AvgIpc) is 3.36. The topological polar surface area (TPSA) is 58.2 Å². The van der Waals surface area contributed by atoms with Gasteiger partial charge in [-0.1, -0.05) is 97.9 Å². The lowest BCUT2D eigenvalue weighted by Gasteiger charge is -2.32. The van der Waals surface area contributed by atoms with E-state index in [0.717, 1.165) is 24.1 Å². The monoisotopic (exact) mass is 517 g/mol. The first-order valence-electron chi connectivity index (χ1n) is 13.6. The van der Waals surface area contributed by atoms with E-state index in [2.05, 4.69) is 60.8 Å². The third-order valence-corrected chi connectivity index (χ3v) is 7.17. The van der Waals surface area contributed by atoms with Crippen molar-refractivity contribution in [1.29, 1.82) is 0 Å². The molecule has 0 unspecified atom stereocenters. The van der Waals surface area contributed by atoms with E-state index in [0.29, 0.717) is 13.2 Å². The predicted octanol–water partition coefficient (Wildman–Crippen LogP) is 5.60. The lowest BCUT2D eigenvalue weighted by atomic mass is 9.98. The van der Waals surface area contributed by atoms with Gasteiger partial charge < -0.3 is 29.0 Å². The van der Waals surface area contributed by atoms with Crippen molar-refractivity contribution < 1.29 is 23.7 Å². The van der Waals surface area contributed by atoms with Crippen LogP contribution in [0.25, 0.3) is 0 Å². The van der Waals surface area contributed by atoms with Gasteiger partial charge in [0, 0.05) is 12.6 Å². The molecule has 202 valence electrons. The standard InChI is InChI=1S/C32H39NO5/c1-4-27(33-20-24-14-8-5-9-15-24)28-29(35-22-26-18-12-7-13-19-26)30-32(36-28,38-31(2,3)37-30)23-34-21-25-16-10-6-11-17-25/h5-19,27-30,33H,4,20-23H2,1-3H3/t27-,28+,29-,30+,32+/m1/s1. The fourth-order valence-corrected chi connectivity index (χ4v) is 5.40. The number of fused-ring (bicyclic) bond motifs is 1. The first-order valence-corrected chi connectivity index (χ1v) is 13.6.